The van der Waals surface area contributed by atoms with E-state index < -0.39 is 0 Å². The SMILES string of the molecule is CCOc1ccccc1/C=C1\Oc2cc(OCc3ccccc3C)ccc2C1=O. The minimum atomic E-state index is -0.142. The molecule has 0 radical (unpaired) electrons. The highest BCUT2D eigenvalue weighted by molar-refractivity contribution is 6.14. The van der Waals surface area contributed by atoms with Gasteiger partial charge in [-0.1, -0.05) is 42.5 Å². The first-order chi connectivity index (χ1) is 14.2. The summed E-state index contributed by atoms with van der Waals surface area (Å²) in [5.74, 6) is 2.03. The van der Waals surface area contributed by atoms with E-state index in [1.54, 1.807) is 24.3 Å². The number of benzene rings is 3. The topological polar surface area (TPSA) is 44.8 Å². The predicted molar refractivity (Wildman–Crippen MR) is 112 cm³/mol. The summed E-state index contributed by atoms with van der Waals surface area (Å²) >= 11 is 0. The third-order valence-electron chi connectivity index (χ3n) is 4.80. The molecule has 0 amide bonds. The summed E-state index contributed by atoms with van der Waals surface area (Å²) in [6.45, 7) is 5.00. The van der Waals surface area contributed by atoms with Crippen LogP contribution in [0, 0.1) is 6.92 Å². The molecule has 0 unspecified atom stereocenters. The lowest BCUT2D eigenvalue weighted by Crippen LogP contribution is -1.99. The molecule has 0 N–H and O–H groups in total. The van der Waals surface area contributed by atoms with Gasteiger partial charge in [-0.15, -0.1) is 0 Å². The number of rotatable bonds is 6. The molecule has 0 atom stereocenters. The summed E-state index contributed by atoms with van der Waals surface area (Å²) in [5, 5.41) is 0. The Labute approximate surface area is 170 Å². The molecule has 4 heteroatoms. The van der Waals surface area contributed by atoms with Gasteiger partial charge < -0.3 is 14.2 Å². The van der Waals surface area contributed by atoms with Crippen LogP contribution in [-0.4, -0.2) is 12.4 Å². The van der Waals surface area contributed by atoms with E-state index in [1.807, 2.05) is 49.4 Å². The number of hydrogen-bond donors (Lipinski definition) is 0. The van der Waals surface area contributed by atoms with Crippen molar-refractivity contribution in [1.82, 2.24) is 0 Å². The number of hydrogen-bond acceptors (Lipinski definition) is 4. The van der Waals surface area contributed by atoms with Crippen LogP contribution in [-0.2, 0) is 6.61 Å². The molecular weight excluding hydrogens is 364 g/mol. The maximum Gasteiger partial charge on any atom is 0.231 e. The van der Waals surface area contributed by atoms with Gasteiger partial charge in [-0.05, 0) is 49.2 Å². The van der Waals surface area contributed by atoms with Gasteiger partial charge in [0.25, 0.3) is 0 Å². The van der Waals surface area contributed by atoms with Crippen molar-refractivity contribution in [2.45, 2.75) is 20.5 Å². The molecule has 4 nitrogen and oxygen atoms in total. The van der Waals surface area contributed by atoms with Crippen molar-refractivity contribution in [2.24, 2.45) is 0 Å². The number of para-hydroxylation sites is 1. The van der Waals surface area contributed by atoms with Crippen LogP contribution in [0.25, 0.3) is 6.08 Å². The van der Waals surface area contributed by atoms with Crippen LogP contribution in [0.5, 0.6) is 17.2 Å². The fourth-order valence-corrected chi connectivity index (χ4v) is 3.22. The van der Waals surface area contributed by atoms with Crippen molar-refractivity contribution < 1.29 is 19.0 Å². The molecule has 3 aromatic rings. The van der Waals surface area contributed by atoms with Crippen molar-refractivity contribution in [1.29, 1.82) is 0 Å². The third kappa shape index (κ3) is 4.02. The Balaban J connectivity index is 1.54. The summed E-state index contributed by atoms with van der Waals surface area (Å²) in [7, 11) is 0. The summed E-state index contributed by atoms with van der Waals surface area (Å²) < 4.78 is 17.4. The van der Waals surface area contributed by atoms with Gasteiger partial charge in [0.05, 0.1) is 12.2 Å². The van der Waals surface area contributed by atoms with Crippen LogP contribution in [0.4, 0.5) is 0 Å². The molecule has 0 saturated carbocycles. The van der Waals surface area contributed by atoms with Crippen molar-refractivity contribution in [3.8, 4) is 17.2 Å². The Bertz CT molecular complexity index is 1080. The smallest absolute Gasteiger partial charge is 0.231 e. The number of fused-ring (bicyclic) bond motifs is 1. The highest BCUT2D eigenvalue weighted by atomic mass is 16.5. The first kappa shape index (κ1) is 18.8. The predicted octanol–water partition coefficient (Wildman–Crippen LogP) is 5.59. The normalized spacial score (nSPS) is 13.9. The molecule has 4 rings (SSSR count). The molecule has 0 aliphatic carbocycles. The molecule has 0 aromatic heterocycles. The van der Waals surface area contributed by atoms with E-state index in [-0.39, 0.29) is 11.5 Å². The highest BCUT2D eigenvalue weighted by Crippen LogP contribution is 2.36. The van der Waals surface area contributed by atoms with E-state index in [0.717, 1.165) is 16.9 Å². The second-order valence-electron chi connectivity index (χ2n) is 6.78. The maximum absolute atomic E-state index is 12.7. The Morgan fingerprint density at radius 3 is 2.59 bits per heavy atom. The molecule has 0 saturated heterocycles. The molecule has 1 heterocycles. The van der Waals surface area contributed by atoms with Gasteiger partial charge in [0.15, 0.2) is 5.76 Å². The minimum absolute atomic E-state index is 0.142. The van der Waals surface area contributed by atoms with Crippen molar-refractivity contribution in [3.63, 3.8) is 0 Å². The summed E-state index contributed by atoms with van der Waals surface area (Å²) in [5.41, 5.74) is 3.64. The number of ether oxygens (including phenoxy) is 3. The Hall–Kier alpha value is -3.53. The standard InChI is InChI=1S/C25H22O4/c1-3-27-22-11-7-6-9-18(22)14-24-25(26)21-13-12-20(15-23(21)29-24)28-16-19-10-5-4-8-17(19)2/h4-15H,3,16H2,1-2H3/b24-14-. The summed E-state index contributed by atoms with van der Waals surface area (Å²) in [6, 6.07) is 21.0. The van der Waals surface area contributed by atoms with E-state index in [2.05, 4.69) is 13.0 Å². The van der Waals surface area contributed by atoms with Gasteiger partial charge in [-0.2, -0.15) is 0 Å². The van der Waals surface area contributed by atoms with Gasteiger partial charge in [-0.3, -0.25) is 4.79 Å². The van der Waals surface area contributed by atoms with Gasteiger partial charge in [0.2, 0.25) is 5.78 Å². The fraction of sp³-hybridized carbons (Fsp3) is 0.160. The first-order valence-corrected chi connectivity index (χ1v) is 9.63. The van der Waals surface area contributed by atoms with Crippen LogP contribution < -0.4 is 14.2 Å². The quantitative estimate of drug-likeness (QED) is 0.518. The number of ketones is 1. The van der Waals surface area contributed by atoms with Gasteiger partial charge in [-0.25, -0.2) is 0 Å². The zero-order valence-corrected chi connectivity index (χ0v) is 16.5. The monoisotopic (exact) mass is 386 g/mol. The largest absolute Gasteiger partial charge is 0.493 e. The lowest BCUT2D eigenvalue weighted by Gasteiger charge is -2.09. The lowest BCUT2D eigenvalue weighted by atomic mass is 10.1. The number of allylic oxidation sites excluding steroid dienone is 1. The molecule has 0 bridgehead atoms. The van der Waals surface area contributed by atoms with Crippen LogP contribution in [0.1, 0.15) is 34.0 Å². The van der Waals surface area contributed by atoms with E-state index in [4.69, 9.17) is 14.2 Å². The Morgan fingerprint density at radius 2 is 1.76 bits per heavy atom. The lowest BCUT2D eigenvalue weighted by molar-refractivity contribution is 0.101. The third-order valence-corrected chi connectivity index (χ3v) is 4.80. The summed E-state index contributed by atoms with van der Waals surface area (Å²) in [4.78, 5) is 12.7. The Morgan fingerprint density at radius 1 is 0.966 bits per heavy atom. The highest BCUT2D eigenvalue weighted by Gasteiger charge is 2.28. The van der Waals surface area contributed by atoms with Gasteiger partial charge in [0.1, 0.15) is 23.9 Å². The fourth-order valence-electron chi connectivity index (χ4n) is 3.22. The van der Waals surface area contributed by atoms with E-state index >= 15 is 0 Å². The second-order valence-corrected chi connectivity index (χ2v) is 6.78. The number of carbonyl (C=O) groups excluding carboxylic acids is 1. The van der Waals surface area contributed by atoms with Crippen LogP contribution in [0.3, 0.4) is 0 Å². The van der Waals surface area contributed by atoms with Crippen LogP contribution in [0.2, 0.25) is 0 Å². The second kappa shape index (κ2) is 8.23. The molecule has 3 aromatic carbocycles. The molecular formula is C25H22O4. The first-order valence-electron chi connectivity index (χ1n) is 9.63. The van der Waals surface area contributed by atoms with E-state index in [0.29, 0.717) is 30.3 Å². The Kier molecular flexibility index (Phi) is 5.34. The average molecular weight is 386 g/mol. The van der Waals surface area contributed by atoms with Crippen molar-refractivity contribution in [3.05, 3.63) is 94.7 Å². The molecule has 146 valence electrons. The van der Waals surface area contributed by atoms with Crippen molar-refractivity contribution >= 4 is 11.9 Å². The van der Waals surface area contributed by atoms with E-state index in [9.17, 15) is 4.79 Å². The maximum atomic E-state index is 12.7. The zero-order valence-electron chi connectivity index (χ0n) is 16.5. The minimum Gasteiger partial charge on any atom is -0.493 e. The van der Waals surface area contributed by atoms with Crippen molar-refractivity contribution in [2.75, 3.05) is 6.61 Å². The number of carbonyl (C=O) groups is 1. The molecule has 1 aliphatic rings. The van der Waals surface area contributed by atoms with Crippen LogP contribution in [0.15, 0.2) is 72.5 Å². The van der Waals surface area contributed by atoms with Crippen LogP contribution >= 0.6 is 0 Å². The molecule has 0 spiro atoms. The molecule has 29 heavy (non-hydrogen) atoms. The average Bonchev–Trinajstić information content (AvgIpc) is 3.04. The van der Waals surface area contributed by atoms with Gasteiger partial charge in [0, 0.05) is 11.6 Å². The van der Waals surface area contributed by atoms with Gasteiger partial charge >= 0.3 is 0 Å². The number of aryl methyl sites for hydroxylation is 1. The summed E-state index contributed by atoms with van der Waals surface area (Å²) in [6.07, 6.45) is 1.72. The van der Waals surface area contributed by atoms with E-state index in [1.165, 1.54) is 5.56 Å². The molecule has 1 aliphatic heterocycles. The zero-order chi connectivity index (χ0) is 20.2. The number of Topliss-reactive ketones (excluding diaryl/α,β-unsaturated/α-hetero) is 1. The molecule has 0 fully saturated rings.